The van der Waals surface area contributed by atoms with E-state index in [2.05, 4.69) is 0 Å². The first-order valence-corrected chi connectivity index (χ1v) is 10.4. The van der Waals surface area contributed by atoms with Crippen LogP contribution in [0.1, 0.15) is 53.0 Å². The summed E-state index contributed by atoms with van der Waals surface area (Å²) < 4.78 is 5.32. The van der Waals surface area contributed by atoms with Gasteiger partial charge >= 0.3 is 0 Å². The molecule has 2 aromatic carbocycles. The fourth-order valence-electron chi connectivity index (χ4n) is 4.36. The Morgan fingerprint density at radius 2 is 1.73 bits per heavy atom. The predicted octanol–water partition coefficient (Wildman–Crippen LogP) is 3.69. The van der Waals surface area contributed by atoms with Gasteiger partial charge in [0.15, 0.2) is 0 Å². The van der Waals surface area contributed by atoms with E-state index < -0.39 is 6.04 Å². The minimum Gasteiger partial charge on any atom is -0.497 e. The van der Waals surface area contributed by atoms with Crippen molar-refractivity contribution in [3.05, 3.63) is 59.2 Å². The van der Waals surface area contributed by atoms with E-state index in [4.69, 9.17) is 4.74 Å². The highest BCUT2D eigenvalue weighted by atomic mass is 16.5. The summed E-state index contributed by atoms with van der Waals surface area (Å²) in [4.78, 5) is 42.8. The van der Waals surface area contributed by atoms with Gasteiger partial charge in [0, 0.05) is 12.2 Å². The Kier molecular flexibility index (Phi) is 5.33. The average molecular weight is 406 g/mol. The molecule has 0 saturated carbocycles. The minimum absolute atomic E-state index is 0.142. The molecule has 3 amide bonds. The van der Waals surface area contributed by atoms with E-state index in [-0.39, 0.29) is 23.6 Å². The Morgan fingerprint density at radius 3 is 2.33 bits per heavy atom. The molecular weight excluding hydrogens is 380 g/mol. The Hall–Kier alpha value is -3.15. The van der Waals surface area contributed by atoms with Crippen LogP contribution in [0.3, 0.4) is 0 Å². The molecule has 0 aliphatic carbocycles. The number of methoxy groups -OCH3 is 1. The zero-order valence-corrected chi connectivity index (χ0v) is 17.6. The van der Waals surface area contributed by atoms with Crippen molar-refractivity contribution in [2.75, 3.05) is 18.6 Å². The predicted molar refractivity (Wildman–Crippen MR) is 114 cm³/mol. The van der Waals surface area contributed by atoms with E-state index in [9.17, 15) is 14.4 Å². The van der Waals surface area contributed by atoms with Gasteiger partial charge in [0.2, 0.25) is 5.91 Å². The van der Waals surface area contributed by atoms with Gasteiger partial charge < -0.3 is 9.64 Å². The van der Waals surface area contributed by atoms with E-state index in [1.54, 1.807) is 36.3 Å². The van der Waals surface area contributed by atoms with Crippen LogP contribution in [0.15, 0.2) is 42.5 Å². The third-order valence-electron chi connectivity index (χ3n) is 5.79. The van der Waals surface area contributed by atoms with E-state index in [1.165, 1.54) is 4.90 Å². The molecule has 6 nitrogen and oxygen atoms in total. The minimum atomic E-state index is -0.828. The summed E-state index contributed by atoms with van der Waals surface area (Å²) >= 11 is 0. The normalized spacial score (nSPS) is 16.5. The Morgan fingerprint density at radius 1 is 1.07 bits per heavy atom. The summed E-state index contributed by atoms with van der Waals surface area (Å²) in [6.07, 6.45) is 2.10. The first-order chi connectivity index (χ1) is 14.4. The van der Waals surface area contributed by atoms with Gasteiger partial charge in [0.1, 0.15) is 11.8 Å². The first-order valence-electron chi connectivity index (χ1n) is 10.4. The van der Waals surface area contributed by atoms with Crippen LogP contribution in [-0.4, -0.2) is 42.3 Å². The van der Waals surface area contributed by atoms with E-state index in [0.29, 0.717) is 24.1 Å². The SMILES string of the molecule is COc1ccc2c(c1)CCCN2C(=O)[C@@H](CC(C)C)N1C(=O)c2ccccc2C1=O. The Balaban J connectivity index is 1.70. The number of fused-ring (bicyclic) bond motifs is 2. The summed E-state index contributed by atoms with van der Waals surface area (Å²) in [5.41, 5.74) is 2.61. The maximum atomic E-state index is 13.7. The molecule has 2 heterocycles. The molecule has 0 fully saturated rings. The molecule has 2 aliphatic rings. The van der Waals surface area contributed by atoms with Crippen molar-refractivity contribution in [2.45, 2.75) is 39.2 Å². The molecule has 2 aromatic rings. The number of anilines is 1. The Labute approximate surface area is 176 Å². The molecule has 30 heavy (non-hydrogen) atoms. The van der Waals surface area contributed by atoms with Crippen molar-refractivity contribution >= 4 is 23.4 Å². The molecule has 1 atom stereocenters. The lowest BCUT2D eigenvalue weighted by Crippen LogP contribution is -2.52. The van der Waals surface area contributed by atoms with Gasteiger partial charge in [0.25, 0.3) is 11.8 Å². The lowest BCUT2D eigenvalue weighted by Gasteiger charge is -2.35. The van der Waals surface area contributed by atoms with E-state index in [1.807, 2.05) is 32.0 Å². The van der Waals surface area contributed by atoms with Crippen molar-refractivity contribution < 1.29 is 19.1 Å². The smallest absolute Gasteiger partial charge is 0.262 e. The number of imide groups is 1. The second kappa shape index (κ2) is 7.94. The number of hydrogen-bond acceptors (Lipinski definition) is 4. The van der Waals surface area contributed by atoms with Gasteiger partial charge in [-0.1, -0.05) is 26.0 Å². The fraction of sp³-hybridized carbons (Fsp3) is 0.375. The third kappa shape index (κ3) is 3.36. The van der Waals surface area contributed by atoms with Gasteiger partial charge in [-0.3, -0.25) is 19.3 Å². The summed E-state index contributed by atoms with van der Waals surface area (Å²) in [7, 11) is 1.62. The largest absolute Gasteiger partial charge is 0.497 e. The van der Waals surface area contributed by atoms with Gasteiger partial charge in [-0.05, 0) is 61.1 Å². The van der Waals surface area contributed by atoms with E-state index >= 15 is 0 Å². The number of hydrogen-bond donors (Lipinski definition) is 0. The molecule has 6 heteroatoms. The van der Waals surface area contributed by atoms with Crippen molar-refractivity contribution in [3.63, 3.8) is 0 Å². The van der Waals surface area contributed by atoms with Gasteiger partial charge in [0.05, 0.1) is 18.2 Å². The first kappa shape index (κ1) is 20.1. The van der Waals surface area contributed by atoms with Crippen LogP contribution in [0.5, 0.6) is 5.75 Å². The molecular formula is C24H26N2O4. The molecule has 0 spiro atoms. The lowest BCUT2D eigenvalue weighted by molar-refractivity contribution is -0.123. The maximum absolute atomic E-state index is 13.7. The highest BCUT2D eigenvalue weighted by molar-refractivity contribution is 6.23. The summed E-state index contributed by atoms with van der Waals surface area (Å²) in [6.45, 7) is 4.55. The number of rotatable bonds is 5. The van der Waals surface area contributed by atoms with Gasteiger partial charge in [-0.2, -0.15) is 0 Å². The van der Waals surface area contributed by atoms with Crippen molar-refractivity contribution in [2.24, 2.45) is 5.92 Å². The molecule has 0 saturated heterocycles. The number of nitrogens with zero attached hydrogens (tertiary/aromatic N) is 2. The summed E-state index contributed by atoms with van der Waals surface area (Å²) in [6, 6.07) is 11.6. The second-order valence-electron chi connectivity index (χ2n) is 8.26. The number of benzene rings is 2. The average Bonchev–Trinajstić information content (AvgIpc) is 3.01. The zero-order valence-electron chi connectivity index (χ0n) is 17.6. The third-order valence-corrected chi connectivity index (χ3v) is 5.79. The number of carbonyl (C=O) groups is 3. The monoisotopic (exact) mass is 406 g/mol. The van der Waals surface area contributed by atoms with Crippen molar-refractivity contribution in [3.8, 4) is 5.75 Å². The Bertz CT molecular complexity index is 979. The molecule has 0 radical (unpaired) electrons. The second-order valence-corrected chi connectivity index (χ2v) is 8.26. The van der Waals surface area contributed by atoms with Gasteiger partial charge in [-0.25, -0.2) is 0 Å². The van der Waals surface area contributed by atoms with Crippen LogP contribution in [0.25, 0.3) is 0 Å². The summed E-state index contributed by atoms with van der Waals surface area (Å²) in [5, 5.41) is 0. The molecule has 2 aliphatic heterocycles. The molecule has 156 valence electrons. The maximum Gasteiger partial charge on any atom is 0.262 e. The fourth-order valence-corrected chi connectivity index (χ4v) is 4.36. The van der Waals surface area contributed by atoms with Crippen LogP contribution < -0.4 is 9.64 Å². The van der Waals surface area contributed by atoms with Crippen molar-refractivity contribution in [1.29, 1.82) is 0 Å². The number of ether oxygens (including phenoxy) is 1. The van der Waals surface area contributed by atoms with Crippen LogP contribution in [0.2, 0.25) is 0 Å². The molecule has 0 aromatic heterocycles. The highest BCUT2D eigenvalue weighted by Gasteiger charge is 2.44. The zero-order chi connectivity index (χ0) is 21.4. The lowest BCUT2D eigenvalue weighted by atomic mass is 9.97. The summed E-state index contributed by atoms with van der Waals surface area (Å²) in [5.74, 6) is -0.0852. The van der Waals surface area contributed by atoms with Crippen molar-refractivity contribution in [1.82, 2.24) is 4.90 Å². The van der Waals surface area contributed by atoms with Crippen LogP contribution in [-0.2, 0) is 11.2 Å². The van der Waals surface area contributed by atoms with Gasteiger partial charge in [-0.15, -0.1) is 0 Å². The number of amides is 3. The molecule has 0 unspecified atom stereocenters. The highest BCUT2D eigenvalue weighted by Crippen LogP contribution is 2.33. The van der Waals surface area contributed by atoms with E-state index in [0.717, 1.165) is 29.8 Å². The topological polar surface area (TPSA) is 66.9 Å². The van der Waals surface area contributed by atoms with Crippen LogP contribution in [0, 0.1) is 5.92 Å². The van der Waals surface area contributed by atoms with Crippen LogP contribution >= 0.6 is 0 Å². The number of aryl methyl sites for hydroxylation is 1. The number of carbonyl (C=O) groups excluding carboxylic acids is 3. The molecule has 0 bridgehead atoms. The molecule has 4 rings (SSSR count). The molecule has 0 N–H and O–H groups in total. The standard InChI is InChI=1S/C24H26N2O4/c1-15(2)13-21(26-22(27)18-8-4-5-9-19(18)23(26)28)24(29)25-12-6-7-16-14-17(30-3)10-11-20(16)25/h4-5,8-11,14-15,21H,6-7,12-13H2,1-3H3/t21-/m1/s1. The van der Waals surface area contributed by atoms with Crippen LogP contribution in [0.4, 0.5) is 5.69 Å². The quantitative estimate of drug-likeness (QED) is 0.711.